The number of carbonyl (C=O) groups is 2. The van der Waals surface area contributed by atoms with Gasteiger partial charge >= 0.3 is 0 Å². The van der Waals surface area contributed by atoms with Gasteiger partial charge in [0.2, 0.25) is 11.8 Å². The van der Waals surface area contributed by atoms with E-state index >= 15 is 0 Å². The van der Waals surface area contributed by atoms with Gasteiger partial charge in [0.15, 0.2) is 0 Å². The van der Waals surface area contributed by atoms with E-state index in [1.807, 2.05) is 24.3 Å². The largest absolute Gasteiger partial charge is 0.497 e. The Bertz CT molecular complexity index is 825. The maximum atomic E-state index is 12.5. The summed E-state index contributed by atoms with van der Waals surface area (Å²) in [6.45, 7) is 5.84. The van der Waals surface area contributed by atoms with Gasteiger partial charge in [-0.3, -0.25) is 9.59 Å². The van der Waals surface area contributed by atoms with Gasteiger partial charge in [-0.15, -0.1) is 0 Å². The molecule has 3 rings (SSSR count). The van der Waals surface area contributed by atoms with Crippen LogP contribution in [0.1, 0.15) is 26.7 Å². The minimum Gasteiger partial charge on any atom is -0.497 e. The lowest BCUT2D eigenvalue weighted by molar-refractivity contribution is -0.120. The van der Waals surface area contributed by atoms with Crippen molar-refractivity contribution in [3.8, 4) is 5.75 Å². The molecule has 0 aliphatic carbocycles. The Morgan fingerprint density at radius 2 is 1.69 bits per heavy atom. The average Bonchev–Trinajstić information content (AvgIpc) is 2.73. The van der Waals surface area contributed by atoms with Gasteiger partial charge in [0.05, 0.1) is 7.11 Å². The van der Waals surface area contributed by atoms with Gasteiger partial charge in [-0.1, -0.05) is 6.92 Å². The Hall–Kier alpha value is -3.02. The first-order valence-corrected chi connectivity index (χ1v) is 10.0. The van der Waals surface area contributed by atoms with Crippen molar-refractivity contribution < 1.29 is 14.3 Å². The second-order valence-electron chi connectivity index (χ2n) is 7.57. The summed E-state index contributed by atoms with van der Waals surface area (Å²) in [5.74, 6) is 1.06. The Morgan fingerprint density at radius 3 is 2.24 bits per heavy atom. The third-order valence-corrected chi connectivity index (χ3v) is 5.37. The average molecular weight is 396 g/mol. The van der Waals surface area contributed by atoms with E-state index in [1.165, 1.54) is 30.4 Å². The molecule has 1 N–H and O–H groups in total. The number of amides is 2. The Morgan fingerprint density at radius 1 is 1.07 bits per heavy atom. The van der Waals surface area contributed by atoms with E-state index in [0.29, 0.717) is 11.4 Å². The number of piperidine rings is 1. The molecule has 6 heteroatoms. The number of hydrogen-bond acceptors (Lipinski definition) is 4. The topological polar surface area (TPSA) is 61.9 Å². The fourth-order valence-electron chi connectivity index (χ4n) is 3.51. The molecule has 6 nitrogen and oxygen atoms in total. The summed E-state index contributed by atoms with van der Waals surface area (Å²) in [5.41, 5.74) is 2.56. The first-order valence-electron chi connectivity index (χ1n) is 10.0. The van der Waals surface area contributed by atoms with Crippen LogP contribution in [0, 0.1) is 5.92 Å². The van der Waals surface area contributed by atoms with Gasteiger partial charge in [-0.25, -0.2) is 0 Å². The zero-order chi connectivity index (χ0) is 20.8. The lowest BCUT2D eigenvalue weighted by Crippen LogP contribution is -2.36. The molecule has 0 saturated carbocycles. The molecule has 0 aromatic heterocycles. The van der Waals surface area contributed by atoms with Crippen LogP contribution < -0.4 is 19.9 Å². The Kier molecular flexibility index (Phi) is 6.75. The summed E-state index contributed by atoms with van der Waals surface area (Å²) in [4.78, 5) is 28.4. The predicted octanol–water partition coefficient (Wildman–Crippen LogP) is 3.92. The third-order valence-electron chi connectivity index (χ3n) is 5.37. The number of nitrogens with zero attached hydrogens (tertiary/aromatic N) is 2. The van der Waals surface area contributed by atoms with Crippen LogP contribution in [-0.4, -0.2) is 38.6 Å². The summed E-state index contributed by atoms with van der Waals surface area (Å²) in [7, 11) is 1.59. The molecule has 154 valence electrons. The van der Waals surface area contributed by atoms with Gasteiger partial charge < -0.3 is 19.9 Å². The summed E-state index contributed by atoms with van der Waals surface area (Å²) in [5, 5.41) is 2.88. The van der Waals surface area contributed by atoms with Gasteiger partial charge in [-0.2, -0.15) is 0 Å². The van der Waals surface area contributed by atoms with Crippen LogP contribution in [0.2, 0.25) is 0 Å². The minimum absolute atomic E-state index is 0.0482. The first-order chi connectivity index (χ1) is 14.0. The van der Waals surface area contributed by atoms with Crippen LogP contribution in [0.3, 0.4) is 0 Å². The summed E-state index contributed by atoms with van der Waals surface area (Å²) >= 11 is 0. The third kappa shape index (κ3) is 5.50. The molecule has 0 bridgehead atoms. The van der Waals surface area contributed by atoms with Crippen molar-refractivity contribution in [2.45, 2.75) is 26.7 Å². The standard InChI is InChI=1S/C23H29N3O3/c1-17-12-14-25(15-13-17)20-6-4-19(5-7-20)24-23(28)16-26(18(2)27)21-8-10-22(29-3)11-9-21/h4-11,17H,12-16H2,1-3H3,(H,24,28). The second-order valence-corrected chi connectivity index (χ2v) is 7.57. The van der Waals surface area contributed by atoms with E-state index < -0.39 is 0 Å². The van der Waals surface area contributed by atoms with E-state index in [0.717, 1.165) is 24.7 Å². The fourth-order valence-corrected chi connectivity index (χ4v) is 3.51. The molecule has 2 aromatic rings. The molecule has 0 unspecified atom stereocenters. The van der Waals surface area contributed by atoms with E-state index in [1.54, 1.807) is 31.4 Å². The van der Waals surface area contributed by atoms with Gasteiger partial charge in [0, 0.05) is 37.1 Å². The highest BCUT2D eigenvalue weighted by Crippen LogP contribution is 2.24. The molecule has 1 aliphatic heterocycles. The molecule has 1 saturated heterocycles. The van der Waals surface area contributed by atoms with Crippen molar-refractivity contribution >= 4 is 28.9 Å². The van der Waals surface area contributed by atoms with Crippen molar-refractivity contribution in [2.75, 3.05) is 41.9 Å². The monoisotopic (exact) mass is 395 g/mol. The molecular formula is C23H29N3O3. The normalized spacial score (nSPS) is 14.4. The molecule has 2 amide bonds. The number of rotatable bonds is 6. The zero-order valence-corrected chi connectivity index (χ0v) is 17.4. The number of carbonyl (C=O) groups excluding carboxylic acids is 2. The number of ether oxygens (including phenoxy) is 1. The van der Waals surface area contributed by atoms with Crippen LogP contribution >= 0.6 is 0 Å². The van der Waals surface area contributed by atoms with Crippen molar-refractivity contribution in [2.24, 2.45) is 5.92 Å². The quantitative estimate of drug-likeness (QED) is 0.805. The highest BCUT2D eigenvalue weighted by molar-refractivity contribution is 6.01. The molecule has 1 fully saturated rings. The van der Waals surface area contributed by atoms with Gasteiger partial charge in [0.1, 0.15) is 12.3 Å². The van der Waals surface area contributed by atoms with Crippen molar-refractivity contribution in [1.29, 1.82) is 0 Å². The SMILES string of the molecule is COc1ccc(N(CC(=O)Nc2ccc(N3CCC(C)CC3)cc2)C(C)=O)cc1. The number of benzene rings is 2. The van der Waals surface area contributed by atoms with Crippen molar-refractivity contribution in [1.82, 2.24) is 0 Å². The van der Waals surface area contributed by atoms with Crippen LogP contribution in [-0.2, 0) is 9.59 Å². The highest BCUT2D eigenvalue weighted by atomic mass is 16.5. The zero-order valence-electron chi connectivity index (χ0n) is 17.4. The smallest absolute Gasteiger partial charge is 0.244 e. The lowest BCUT2D eigenvalue weighted by atomic mass is 9.99. The number of hydrogen-bond donors (Lipinski definition) is 1. The van der Waals surface area contributed by atoms with Crippen LogP contribution in [0.25, 0.3) is 0 Å². The number of anilines is 3. The highest BCUT2D eigenvalue weighted by Gasteiger charge is 2.17. The van der Waals surface area contributed by atoms with E-state index in [-0.39, 0.29) is 18.4 Å². The maximum Gasteiger partial charge on any atom is 0.244 e. The maximum absolute atomic E-state index is 12.5. The van der Waals surface area contributed by atoms with E-state index in [4.69, 9.17) is 4.74 Å². The molecule has 2 aromatic carbocycles. The molecule has 0 radical (unpaired) electrons. The van der Waals surface area contributed by atoms with Crippen LogP contribution in [0.5, 0.6) is 5.75 Å². The number of methoxy groups -OCH3 is 1. The summed E-state index contributed by atoms with van der Waals surface area (Å²) in [6, 6.07) is 15.0. The predicted molar refractivity (Wildman–Crippen MR) is 117 cm³/mol. The van der Waals surface area contributed by atoms with Gasteiger partial charge in [0.25, 0.3) is 0 Å². The van der Waals surface area contributed by atoms with E-state index in [2.05, 4.69) is 17.1 Å². The number of nitrogens with one attached hydrogen (secondary N) is 1. The summed E-state index contributed by atoms with van der Waals surface area (Å²) < 4.78 is 5.14. The van der Waals surface area contributed by atoms with Gasteiger partial charge in [-0.05, 0) is 67.3 Å². The van der Waals surface area contributed by atoms with E-state index in [9.17, 15) is 9.59 Å². The van der Waals surface area contributed by atoms with Crippen molar-refractivity contribution in [3.05, 3.63) is 48.5 Å². The molecule has 0 spiro atoms. The van der Waals surface area contributed by atoms with Crippen LogP contribution in [0.4, 0.5) is 17.1 Å². The molecule has 1 aliphatic rings. The molecule has 29 heavy (non-hydrogen) atoms. The summed E-state index contributed by atoms with van der Waals surface area (Å²) in [6.07, 6.45) is 2.43. The second kappa shape index (κ2) is 9.45. The fraction of sp³-hybridized carbons (Fsp3) is 0.391. The first kappa shape index (κ1) is 20.7. The molecule has 0 atom stereocenters. The van der Waals surface area contributed by atoms with Crippen LogP contribution in [0.15, 0.2) is 48.5 Å². The lowest BCUT2D eigenvalue weighted by Gasteiger charge is -2.32. The van der Waals surface area contributed by atoms with Crippen molar-refractivity contribution in [3.63, 3.8) is 0 Å². The Labute approximate surface area is 172 Å². The Balaban J connectivity index is 1.60. The molecular weight excluding hydrogens is 366 g/mol. The molecule has 1 heterocycles. The minimum atomic E-state index is -0.240.